The lowest BCUT2D eigenvalue weighted by Gasteiger charge is -2.30. The van der Waals surface area contributed by atoms with Gasteiger partial charge in [-0.1, -0.05) is 15.9 Å². The van der Waals surface area contributed by atoms with Crippen molar-refractivity contribution in [2.24, 2.45) is 5.92 Å². The minimum Gasteiger partial charge on any atom is -0.378 e. The number of halogens is 1. The van der Waals surface area contributed by atoms with E-state index in [9.17, 15) is 4.79 Å². The van der Waals surface area contributed by atoms with Gasteiger partial charge in [-0.05, 0) is 56.5 Å². The lowest BCUT2D eigenvalue weighted by Crippen LogP contribution is -2.36. The summed E-state index contributed by atoms with van der Waals surface area (Å²) in [5.41, 5.74) is 1.97. The van der Waals surface area contributed by atoms with Crippen molar-refractivity contribution >= 4 is 33.2 Å². The van der Waals surface area contributed by atoms with Gasteiger partial charge < -0.3 is 20.3 Å². The van der Waals surface area contributed by atoms with E-state index >= 15 is 0 Å². The zero-order chi connectivity index (χ0) is 16.8. The van der Waals surface area contributed by atoms with Crippen LogP contribution in [0, 0.1) is 5.92 Å². The summed E-state index contributed by atoms with van der Waals surface area (Å²) in [5, 5.41) is 6.49. The lowest BCUT2D eigenvalue weighted by atomic mass is 9.93. The van der Waals surface area contributed by atoms with E-state index in [4.69, 9.17) is 4.74 Å². The van der Waals surface area contributed by atoms with Crippen molar-refractivity contribution in [3.63, 3.8) is 0 Å². The lowest BCUT2D eigenvalue weighted by molar-refractivity contribution is -0.116. The summed E-state index contributed by atoms with van der Waals surface area (Å²) in [6.07, 6.45) is 3.94. The fourth-order valence-electron chi connectivity index (χ4n) is 3.41. The van der Waals surface area contributed by atoms with Crippen LogP contribution in [0.1, 0.15) is 25.7 Å². The number of piperidine rings is 1. The van der Waals surface area contributed by atoms with Gasteiger partial charge in [0.1, 0.15) is 0 Å². The van der Waals surface area contributed by atoms with Gasteiger partial charge >= 0.3 is 0 Å². The van der Waals surface area contributed by atoms with Crippen LogP contribution in [0.2, 0.25) is 0 Å². The molecular weight excluding hydrogens is 370 g/mol. The summed E-state index contributed by atoms with van der Waals surface area (Å²) in [7, 11) is 0. The van der Waals surface area contributed by atoms with E-state index < -0.39 is 0 Å². The third-order valence-electron chi connectivity index (χ3n) is 4.82. The van der Waals surface area contributed by atoms with Gasteiger partial charge in [0, 0.05) is 24.0 Å². The Kier molecular flexibility index (Phi) is 6.51. The number of hydrogen-bond donors (Lipinski definition) is 2. The Balaban J connectivity index is 1.60. The molecule has 0 atom stereocenters. The SMILES string of the molecule is O=C(CCC1CCNCC1)Nc1cc(Br)ccc1N1CCOCC1. The smallest absolute Gasteiger partial charge is 0.224 e. The molecule has 2 aliphatic heterocycles. The second-order valence-electron chi connectivity index (χ2n) is 6.54. The van der Waals surface area contributed by atoms with Crippen LogP contribution in [0.4, 0.5) is 11.4 Å². The van der Waals surface area contributed by atoms with Gasteiger partial charge in [-0.15, -0.1) is 0 Å². The second kappa shape index (κ2) is 8.83. The van der Waals surface area contributed by atoms with Crippen molar-refractivity contribution < 1.29 is 9.53 Å². The summed E-state index contributed by atoms with van der Waals surface area (Å²) < 4.78 is 6.41. The van der Waals surface area contributed by atoms with Crippen LogP contribution in [0.3, 0.4) is 0 Å². The van der Waals surface area contributed by atoms with Crippen LogP contribution < -0.4 is 15.5 Å². The average Bonchev–Trinajstić information content (AvgIpc) is 2.62. The molecule has 0 radical (unpaired) electrons. The van der Waals surface area contributed by atoms with Crippen LogP contribution in [0.5, 0.6) is 0 Å². The Labute approximate surface area is 152 Å². The second-order valence-corrected chi connectivity index (χ2v) is 7.46. The molecule has 0 saturated carbocycles. The summed E-state index contributed by atoms with van der Waals surface area (Å²) in [4.78, 5) is 14.7. The van der Waals surface area contributed by atoms with E-state index in [2.05, 4.69) is 37.5 Å². The highest BCUT2D eigenvalue weighted by atomic mass is 79.9. The number of carbonyl (C=O) groups is 1. The highest BCUT2D eigenvalue weighted by Crippen LogP contribution is 2.30. The van der Waals surface area contributed by atoms with Gasteiger partial charge in [-0.25, -0.2) is 0 Å². The van der Waals surface area contributed by atoms with Crippen molar-refractivity contribution in [3.05, 3.63) is 22.7 Å². The molecular formula is C18H26BrN3O2. The van der Waals surface area contributed by atoms with Crippen molar-refractivity contribution in [1.82, 2.24) is 5.32 Å². The van der Waals surface area contributed by atoms with E-state index in [0.717, 1.165) is 61.7 Å². The number of morpholine rings is 1. The molecule has 2 aliphatic rings. The van der Waals surface area contributed by atoms with E-state index in [1.807, 2.05) is 12.1 Å². The Hall–Kier alpha value is -1.11. The topological polar surface area (TPSA) is 53.6 Å². The van der Waals surface area contributed by atoms with Crippen molar-refractivity contribution in [3.8, 4) is 0 Å². The molecule has 6 heteroatoms. The minimum atomic E-state index is 0.112. The zero-order valence-electron chi connectivity index (χ0n) is 14.0. The number of benzene rings is 1. The van der Waals surface area contributed by atoms with Crippen LogP contribution in [-0.2, 0) is 9.53 Å². The molecule has 0 unspecified atom stereocenters. The molecule has 0 aliphatic carbocycles. The Morgan fingerprint density at radius 1 is 1.29 bits per heavy atom. The number of nitrogens with one attached hydrogen (secondary N) is 2. The average molecular weight is 396 g/mol. The molecule has 5 nitrogen and oxygen atoms in total. The molecule has 2 saturated heterocycles. The first-order valence-electron chi connectivity index (χ1n) is 8.85. The molecule has 0 spiro atoms. The van der Waals surface area contributed by atoms with Gasteiger partial charge in [0.05, 0.1) is 24.6 Å². The van der Waals surface area contributed by atoms with Gasteiger partial charge in [0.15, 0.2) is 0 Å². The normalized spacial score (nSPS) is 19.3. The van der Waals surface area contributed by atoms with Gasteiger partial charge in [0.25, 0.3) is 0 Å². The maximum absolute atomic E-state index is 12.4. The minimum absolute atomic E-state index is 0.112. The highest BCUT2D eigenvalue weighted by Gasteiger charge is 2.18. The first-order valence-corrected chi connectivity index (χ1v) is 9.64. The van der Waals surface area contributed by atoms with Crippen molar-refractivity contribution in [2.75, 3.05) is 49.6 Å². The standard InChI is InChI=1S/C18H26BrN3O2/c19-15-2-3-17(22-9-11-24-12-10-22)16(13-15)21-18(23)4-1-14-5-7-20-8-6-14/h2-3,13-14,20H,1,4-12H2,(H,21,23). The third-order valence-corrected chi connectivity index (χ3v) is 5.32. The zero-order valence-corrected chi connectivity index (χ0v) is 15.6. The van der Waals surface area contributed by atoms with Crippen molar-refractivity contribution in [2.45, 2.75) is 25.7 Å². The molecule has 2 heterocycles. The highest BCUT2D eigenvalue weighted by molar-refractivity contribution is 9.10. The predicted octanol–water partition coefficient (Wildman–Crippen LogP) is 3.00. The first kappa shape index (κ1) is 17.7. The number of rotatable bonds is 5. The maximum Gasteiger partial charge on any atom is 0.224 e. The molecule has 2 fully saturated rings. The van der Waals surface area contributed by atoms with E-state index in [-0.39, 0.29) is 5.91 Å². The van der Waals surface area contributed by atoms with E-state index in [1.165, 1.54) is 12.8 Å². The summed E-state index contributed by atoms with van der Waals surface area (Å²) in [6, 6.07) is 6.08. The van der Waals surface area contributed by atoms with Gasteiger partial charge in [0.2, 0.25) is 5.91 Å². The number of anilines is 2. The quantitative estimate of drug-likeness (QED) is 0.804. The van der Waals surface area contributed by atoms with Crippen LogP contribution in [0.15, 0.2) is 22.7 Å². The molecule has 0 bridgehead atoms. The summed E-state index contributed by atoms with van der Waals surface area (Å²) in [5.74, 6) is 0.791. The van der Waals surface area contributed by atoms with Crippen LogP contribution in [-0.4, -0.2) is 45.3 Å². The Bertz CT molecular complexity index is 555. The number of carbonyl (C=O) groups excluding carboxylic acids is 1. The van der Waals surface area contributed by atoms with Gasteiger partial charge in [-0.3, -0.25) is 4.79 Å². The number of hydrogen-bond acceptors (Lipinski definition) is 4. The van der Waals surface area contributed by atoms with Gasteiger partial charge in [-0.2, -0.15) is 0 Å². The number of nitrogens with zero attached hydrogens (tertiary/aromatic N) is 1. The molecule has 1 aromatic carbocycles. The van der Waals surface area contributed by atoms with Crippen molar-refractivity contribution in [1.29, 1.82) is 0 Å². The number of ether oxygens (including phenoxy) is 1. The fraction of sp³-hybridized carbons (Fsp3) is 0.611. The van der Waals surface area contributed by atoms with E-state index in [1.54, 1.807) is 0 Å². The Morgan fingerprint density at radius 2 is 2.04 bits per heavy atom. The molecule has 1 amide bonds. The van der Waals surface area contributed by atoms with E-state index in [0.29, 0.717) is 12.3 Å². The first-order chi connectivity index (χ1) is 11.7. The van der Waals surface area contributed by atoms with Crippen LogP contribution in [0.25, 0.3) is 0 Å². The molecule has 3 rings (SSSR count). The number of amides is 1. The summed E-state index contributed by atoms with van der Waals surface area (Å²) in [6.45, 7) is 5.36. The predicted molar refractivity (Wildman–Crippen MR) is 101 cm³/mol. The molecule has 1 aromatic rings. The summed E-state index contributed by atoms with van der Waals surface area (Å²) >= 11 is 3.51. The molecule has 2 N–H and O–H groups in total. The Morgan fingerprint density at radius 3 is 2.79 bits per heavy atom. The molecule has 0 aromatic heterocycles. The fourth-order valence-corrected chi connectivity index (χ4v) is 3.77. The third kappa shape index (κ3) is 4.94. The molecule has 132 valence electrons. The monoisotopic (exact) mass is 395 g/mol. The maximum atomic E-state index is 12.4. The largest absolute Gasteiger partial charge is 0.378 e. The molecule has 24 heavy (non-hydrogen) atoms. The van der Waals surface area contributed by atoms with Crippen LogP contribution >= 0.6 is 15.9 Å².